The molecule has 0 aliphatic carbocycles. The topological polar surface area (TPSA) is 86.8 Å². The van der Waals surface area contributed by atoms with Gasteiger partial charge in [0.25, 0.3) is 0 Å². The second kappa shape index (κ2) is 12.6. The van der Waals surface area contributed by atoms with E-state index in [0.717, 1.165) is 23.8 Å². The zero-order valence-corrected chi connectivity index (χ0v) is 21.6. The summed E-state index contributed by atoms with van der Waals surface area (Å²) in [5.74, 6) is -0.384. The number of aryl methyl sites for hydroxylation is 1. The summed E-state index contributed by atoms with van der Waals surface area (Å²) in [7, 11) is -3.49. The normalized spacial score (nSPS) is 13.1. The third-order valence-electron chi connectivity index (χ3n) is 5.84. The van der Waals surface area contributed by atoms with Crippen LogP contribution in [-0.2, 0) is 26.2 Å². The van der Waals surface area contributed by atoms with Crippen molar-refractivity contribution in [1.82, 2.24) is 10.2 Å². The van der Waals surface area contributed by atoms with Crippen molar-refractivity contribution in [1.29, 1.82) is 0 Å². The molecular formula is C26H37N3O4S. The van der Waals surface area contributed by atoms with Crippen LogP contribution in [0.3, 0.4) is 0 Å². The lowest BCUT2D eigenvalue weighted by Crippen LogP contribution is -2.49. The van der Waals surface area contributed by atoms with E-state index in [2.05, 4.69) is 5.32 Å². The number of nitrogens with one attached hydrogen (secondary N) is 1. The van der Waals surface area contributed by atoms with E-state index in [1.807, 2.05) is 51.1 Å². The molecule has 2 amide bonds. The van der Waals surface area contributed by atoms with Gasteiger partial charge in [0.1, 0.15) is 6.04 Å². The highest BCUT2D eigenvalue weighted by Crippen LogP contribution is 2.19. The van der Waals surface area contributed by atoms with Crippen LogP contribution in [-0.4, -0.2) is 50.0 Å². The number of benzene rings is 2. The molecule has 0 heterocycles. The zero-order valence-electron chi connectivity index (χ0n) is 20.8. The summed E-state index contributed by atoms with van der Waals surface area (Å²) in [6.07, 6.45) is 2.43. The summed E-state index contributed by atoms with van der Waals surface area (Å²) < 4.78 is 25.9. The number of carbonyl (C=O) groups excluding carboxylic acids is 2. The summed E-state index contributed by atoms with van der Waals surface area (Å²) in [4.78, 5) is 27.6. The van der Waals surface area contributed by atoms with E-state index in [1.54, 1.807) is 36.1 Å². The van der Waals surface area contributed by atoms with E-state index in [-0.39, 0.29) is 30.8 Å². The first-order chi connectivity index (χ1) is 16.0. The second-order valence-electron chi connectivity index (χ2n) is 8.78. The highest BCUT2D eigenvalue weighted by atomic mass is 32.2. The van der Waals surface area contributed by atoms with Crippen LogP contribution in [0.2, 0.25) is 0 Å². The van der Waals surface area contributed by atoms with Crippen molar-refractivity contribution in [3.63, 3.8) is 0 Å². The Morgan fingerprint density at radius 3 is 2.18 bits per heavy atom. The van der Waals surface area contributed by atoms with E-state index >= 15 is 0 Å². The fourth-order valence-electron chi connectivity index (χ4n) is 3.54. The smallest absolute Gasteiger partial charge is 0.242 e. The van der Waals surface area contributed by atoms with Crippen LogP contribution < -0.4 is 9.62 Å². The number of carbonyl (C=O) groups is 2. The molecule has 0 spiro atoms. The molecule has 0 saturated carbocycles. The molecule has 0 saturated heterocycles. The number of amides is 2. The summed E-state index contributed by atoms with van der Waals surface area (Å²) in [6.45, 7) is 8.14. The number of hydrogen-bond donors (Lipinski definition) is 1. The Kier molecular flexibility index (Phi) is 10.1. The van der Waals surface area contributed by atoms with Crippen LogP contribution in [0.25, 0.3) is 0 Å². The third-order valence-corrected chi connectivity index (χ3v) is 7.03. The molecule has 0 aromatic heterocycles. The molecule has 0 aliphatic rings. The Hall–Kier alpha value is -2.87. The maximum atomic E-state index is 13.3. The molecule has 2 atom stereocenters. The second-order valence-corrected chi connectivity index (χ2v) is 10.7. The van der Waals surface area contributed by atoms with E-state index in [0.29, 0.717) is 18.7 Å². The highest BCUT2D eigenvalue weighted by molar-refractivity contribution is 7.92. The van der Waals surface area contributed by atoms with Crippen LogP contribution in [0.15, 0.2) is 54.6 Å². The van der Waals surface area contributed by atoms with Gasteiger partial charge in [0.2, 0.25) is 21.8 Å². The molecule has 1 N–H and O–H groups in total. The molecule has 0 fully saturated rings. The first kappa shape index (κ1) is 27.4. The molecule has 186 valence electrons. The number of nitrogens with zero attached hydrogens (tertiary/aromatic N) is 2. The Bertz CT molecular complexity index is 1040. The lowest BCUT2D eigenvalue weighted by molar-refractivity contribution is -0.140. The van der Waals surface area contributed by atoms with Gasteiger partial charge in [0.05, 0.1) is 11.9 Å². The fraction of sp³-hybridized carbons (Fsp3) is 0.462. The van der Waals surface area contributed by atoms with E-state index in [1.165, 1.54) is 4.31 Å². The van der Waals surface area contributed by atoms with E-state index < -0.39 is 16.1 Å². The molecule has 0 unspecified atom stereocenters. The molecule has 34 heavy (non-hydrogen) atoms. The van der Waals surface area contributed by atoms with Crippen LogP contribution in [0.5, 0.6) is 0 Å². The number of para-hydroxylation sites is 1. The van der Waals surface area contributed by atoms with Gasteiger partial charge in [0, 0.05) is 25.6 Å². The lowest BCUT2D eigenvalue weighted by atomic mass is 10.1. The van der Waals surface area contributed by atoms with Gasteiger partial charge >= 0.3 is 0 Å². The molecule has 0 bridgehead atoms. The molecule has 0 radical (unpaired) electrons. The van der Waals surface area contributed by atoms with Gasteiger partial charge in [-0.3, -0.25) is 13.9 Å². The average Bonchev–Trinajstić information content (AvgIpc) is 2.80. The first-order valence-electron chi connectivity index (χ1n) is 11.7. The van der Waals surface area contributed by atoms with Gasteiger partial charge in [-0.15, -0.1) is 0 Å². The van der Waals surface area contributed by atoms with Gasteiger partial charge in [-0.05, 0) is 51.3 Å². The number of sulfonamides is 1. The SMILES string of the molecule is CC[C@H](C)NC(=O)[C@H](C)N(Cc1ccc(C)cc1)C(=O)CCCN(c1ccccc1)S(C)(=O)=O. The summed E-state index contributed by atoms with van der Waals surface area (Å²) in [5, 5.41) is 2.95. The molecule has 2 aromatic carbocycles. The number of rotatable bonds is 12. The van der Waals surface area contributed by atoms with Crippen LogP contribution in [0, 0.1) is 6.92 Å². The molecular weight excluding hydrogens is 450 g/mol. The third kappa shape index (κ3) is 8.17. The predicted octanol–water partition coefficient (Wildman–Crippen LogP) is 3.87. The minimum atomic E-state index is -3.49. The number of anilines is 1. The van der Waals surface area contributed by atoms with Crippen LogP contribution in [0.4, 0.5) is 5.69 Å². The standard InChI is InChI=1S/C26H37N3O4S/c1-6-21(3)27-26(31)22(4)28(19-23-16-14-20(2)15-17-23)25(30)13-10-18-29(34(5,32)33)24-11-8-7-9-12-24/h7-9,11-12,14-17,21-22H,6,10,13,18-19H2,1-5H3,(H,27,31)/t21-,22-/m0/s1. The number of hydrogen-bond acceptors (Lipinski definition) is 4. The molecule has 8 heteroatoms. The Labute approximate surface area is 204 Å². The Morgan fingerprint density at radius 2 is 1.62 bits per heavy atom. The van der Waals surface area contributed by atoms with Gasteiger partial charge in [-0.2, -0.15) is 0 Å². The maximum absolute atomic E-state index is 13.3. The van der Waals surface area contributed by atoms with Crippen molar-refractivity contribution < 1.29 is 18.0 Å². The van der Waals surface area contributed by atoms with Crippen molar-refractivity contribution in [3.05, 3.63) is 65.7 Å². The summed E-state index contributed by atoms with van der Waals surface area (Å²) in [6, 6.07) is 16.1. The summed E-state index contributed by atoms with van der Waals surface area (Å²) >= 11 is 0. The highest BCUT2D eigenvalue weighted by Gasteiger charge is 2.27. The van der Waals surface area contributed by atoms with Crippen molar-refractivity contribution in [2.24, 2.45) is 0 Å². The van der Waals surface area contributed by atoms with Gasteiger partial charge in [-0.1, -0.05) is 55.0 Å². The van der Waals surface area contributed by atoms with Gasteiger partial charge in [-0.25, -0.2) is 8.42 Å². The molecule has 0 aliphatic heterocycles. The minimum Gasteiger partial charge on any atom is -0.352 e. The van der Waals surface area contributed by atoms with Crippen LogP contribution >= 0.6 is 0 Å². The van der Waals surface area contributed by atoms with Crippen molar-refractivity contribution in [2.75, 3.05) is 17.1 Å². The Morgan fingerprint density at radius 1 is 1.00 bits per heavy atom. The van der Waals surface area contributed by atoms with Crippen molar-refractivity contribution in [3.8, 4) is 0 Å². The largest absolute Gasteiger partial charge is 0.352 e. The summed E-state index contributed by atoms with van der Waals surface area (Å²) in [5.41, 5.74) is 2.62. The predicted molar refractivity (Wildman–Crippen MR) is 137 cm³/mol. The average molecular weight is 488 g/mol. The van der Waals surface area contributed by atoms with Gasteiger partial charge < -0.3 is 10.2 Å². The van der Waals surface area contributed by atoms with Crippen molar-refractivity contribution >= 4 is 27.5 Å². The quantitative estimate of drug-likeness (QED) is 0.492. The molecule has 2 aromatic rings. The van der Waals surface area contributed by atoms with E-state index in [9.17, 15) is 18.0 Å². The van der Waals surface area contributed by atoms with Gasteiger partial charge in [0.15, 0.2) is 0 Å². The van der Waals surface area contributed by atoms with Crippen LogP contribution in [0.1, 0.15) is 51.2 Å². The molecule has 2 rings (SSSR count). The lowest BCUT2D eigenvalue weighted by Gasteiger charge is -2.30. The Balaban J connectivity index is 2.14. The minimum absolute atomic E-state index is 0.0143. The zero-order chi connectivity index (χ0) is 25.3. The maximum Gasteiger partial charge on any atom is 0.242 e. The monoisotopic (exact) mass is 487 g/mol. The first-order valence-corrected chi connectivity index (χ1v) is 13.6. The fourth-order valence-corrected chi connectivity index (χ4v) is 4.50. The van der Waals surface area contributed by atoms with Crippen molar-refractivity contribution in [2.45, 2.75) is 65.6 Å². The van der Waals surface area contributed by atoms with E-state index in [4.69, 9.17) is 0 Å². The molecule has 7 nitrogen and oxygen atoms in total.